The van der Waals surface area contributed by atoms with E-state index in [9.17, 15) is 13.5 Å². The Balaban J connectivity index is 1.93. The van der Waals surface area contributed by atoms with Crippen LogP contribution in [-0.2, 0) is 10.0 Å². The van der Waals surface area contributed by atoms with Crippen LogP contribution in [0.1, 0.15) is 38.3 Å². The van der Waals surface area contributed by atoms with Crippen molar-refractivity contribution in [2.24, 2.45) is 5.41 Å². The molecule has 0 radical (unpaired) electrons. The molecule has 0 unspecified atom stereocenters. The molecule has 3 rings (SSSR count). The highest BCUT2D eigenvalue weighted by Gasteiger charge is 2.31. The summed E-state index contributed by atoms with van der Waals surface area (Å²) in [4.78, 5) is -0.230. The summed E-state index contributed by atoms with van der Waals surface area (Å²) in [7, 11) is -1.05. The second-order valence-electron chi connectivity index (χ2n) is 8.42. The Bertz CT molecular complexity index is 1160. The molecule has 0 bridgehead atoms. The Morgan fingerprint density at radius 2 is 1.77 bits per heavy atom. The summed E-state index contributed by atoms with van der Waals surface area (Å²) < 4.78 is 36.6. The maximum atomic E-state index is 12.5. The van der Waals surface area contributed by atoms with Gasteiger partial charge in [-0.15, -0.1) is 0 Å². The lowest BCUT2D eigenvalue weighted by atomic mass is 9.85. The molecular weight excluding hydrogens is 422 g/mol. The summed E-state index contributed by atoms with van der Waals surface area (Å²) in [6.45, 7) is 8.00. The van der Waals surface area contributed by atoms with Gasteiger partial charge in [-0.05, 0) is 46.9 Å². The number of hydrogen-bond acceptors (Lipinski definition) is 9. The first-order valence-electron chi connectivity index (χ1n) is 9.58. The number of phenolic OH excluding ortho intramolecular Hbond substituents is 1. The number of sulfonamides is 1. The Morgan fingerprint density at radius 1 is 1.10 bits per heavy atom. The van der Waals surface area contributed by atoms with Crippen LogP contribution < -0.4 is 10.6 Å². The molecule has 0 spiro atoms. The molecule has 2 aromatic heterocycles. The van der Waals surface area contributed by atoms with Crippen LogP contribution in [0, 0.1) is 12.3 Å². The molecule has 11 heteroatoms. The van der Waals surface area contributed by atoms with E-state index in [1.165, 1.54) is 32.3 Å². The summed E-state index contributed by atoms with van der Waals surface area (Å²) in [6, 6.07) is 7.88. The van der Waals surface area contributed by atoms with Gasteiger partial charge < -0.3 is 20.2 Å². The number of phenols is 1. The minimum Gasteiger partial charge on any atom is -0.504 e. The molecule has 0 aliphatic heterocycles. The Labute approximate surface area is 181 Å². The van der Waals surface area contributed by atoms with E-state index >= 15 is 0 Å². The van der Waals surface area contributed by atoms with Crippen LogP contribution in [0.5, 0.6) is 5.75 Å². The summed E-state index contributed by atoms with van der Waals surface area (Å²) in [5, 5.41) is 24.5. The van der Waals surface area contributed by atoms with E-state index in [-0.39, 0.29) is 33.7 Å². The normalized spacial score (nSPS) is 13.4. The number of anilines is 3. The third-order valence-electron chi connectivity index (χ3n) is 4.69. The Kier molecular flexibility index (Phi) is 6.01. The quantitative estimate of drug-likeness (QED) is 0.459. The number of aromatic nitrogens is 2. The van der Waals surface area contributed by atoms with E-state index in [2.05, 4.69) is 20.9 Å². The molecule has 0 amide bonds. The van der Waals surface area contributed by atoms with Crippen LogP contribution in [0.2, 0.25) is 0 Å². The van der Waals surface area contributed by atoms with E-state index in [0.717, 1.165) is 15.8 Å². The predicted molar refractivity (Wildman–Crippen MR) is 116 cm³/mol. The summed E-state index contributed by atoms with van der Waals surface area (Å²) in [5.41, 5.74) is -0.106. The first-order chi connectivity index (χ1) is 14.4. The summed E-state index contributed by atoms with van der Waals surface area (Å²) in [5.74, 6) is 1.55. The third kappa shape index (κ3) is 4.67. The average molecular weight is 450 g/mol. The second-order valence-corrected chi connectivity index (χ2v) is 10.5. The molecule has 0 aliphatic carbocycles. The van der Waals surface area contributed by atoms with Crippen molar-refractivity contribution in [3.63, 3.8) is 0 Å². The van der Waals surface area contributed by atoms with Gasteiger partial charge in [-0.2, -0.15) is 0 Å². The standard InChI is InChI=1S/C20H27N5O5S/c1-12-10-11-14(29-12)17(20(2,3)4)22-19-18(23-30-24-19)21-13-8-7-9-15(16(13)26)31(27,28)25(5)6/h7-11,17,26H,1-6H3,(H,21,23)(H,22,24)/t17-/m0/s1. The molecule has 3 aromatic rings. The number of aromatic hydroxyl groups is 1. The van der Waals surface area contributed by atoms with Crippen molar-refractivity contribution in [2.45, 2.75) is 38.6 Å². The number of benzene rings is 1. The van der Waals surface area contributed by atoms with Gasteiger partial charge in [0.1, 0.15) is 16.4 Å². The number of para-hydroxylation sites is 1. The second kappa shape index (κ2) is 8.23. The number of nitrogens with one attached hydrogen (secondary N) is 2. The molecule has 0 aliphatic rings. The molecule has 10 nitrogen and oxygen atoms in total. The lowest BCUT2D eigenvalue weighted by molar-refractivity contribution is 0.292. The van der Waals surface area contributed by atoms with Crippen molar-refractivity contribution >= 4 is 27.3 Å². The topological polar surface area (TPSA) is 134 Å². The lowest BCUT2D eigenvalue weighted by Crippen LogP contribution is -2.26. The number of hydrogen-bond donors (Lipinski definition) is 3. The van der Waals surface area contributed by atoms with Crippen LogP contribution in [-0.4, -0.2) is 42.2 Å². The van der Waals surface area contributed by atoms with E-state index < -0.39 is 15.8 Å². The van der Waals surface area contributed by atoms with E-state index in [1.54, 1.807) is 0 Å². The minimum atomic E-state index is -3.84. The minimum absolute atomic E-state index is 0.142. The molecule has 1 atom stereocenters. The fraction of sp³-hybridized carbons (Fsp3) is 0.400. The molecule has 1 aromatic carbocycles. The van der Waals surface area contributed by atoms with Crippen LogP contribution in [0.25, 0.3) is 0 Å². The molecule has 0 saturated heterocycles. The molecule has 2 heterocycles. The lowest BCUT2D eigenvalue weighted by Gasteiger charge is -2.29. The van der Waals surface area contributed by atoms with Crippen LogP contribution in [0.15, 0.2) is 44.3 Å². The third-order valence-corrected chi connectivity index (χ3v) is 6.54. The fourth-order valence-corrected chi connectivity index (χ4v) is 3.98. The van der Waals surface area contributed by atoms with Crippen molar-refractivity contribution in [2.75, 3.05) is 24.7 Å². The predicted octanol–water partition coefficient (Wildman–Crippen LogP) is 3.87. The number of nitrogens with zero attached hydrogens (tertiary/aromatic N) is 3. The smallest absolute Gasteiger partial charge is 0.246 e. The van der Waals surface area contributed by atoms with Gasteiger partial charge in [-0.25, -0.2) is 17.4 Å². The van der Waals surface area contributed by atoms with Crippen molar-refractivity contribution < 1.29 is 22.6 Å². The molecule has 168 valence electrons. The van der Waals surface area contributed by atoms with E-state index in [4.69, 9.17) is 9.05 Å². The highest BCUT2D eigenvalue weighted by Crippen LogP contribution is 2.39. The van der Waals surface area contributed by atoms with Gasteiger partial charge in [0, 0.05) is 14.1 Å². The molecule has 0 fully saturated rings. The van der Waals surface area contributed by atoms with Crippen molar-refractivity contribution in [3.05, 3.63) is 41.9 Å². The van der Waals surface area contributed by atoms with Gasteiger partial charge in [0.2, 0.25) is 21.7 Å². The van der Waals surface area contributed by atoms with Gasteiger partial charge in [-0.3, -0.25) is 0 Å². The SMILES string of the molecule is Cc1ccc([C@H](Nc2nonc2Nc2cccc(S(=O)(=O)N(C)C)c2O)C(C)(C)C)o1. The molecule has 31 heavy (non-hydrogen) atoms. The monoisotopic (exact) mass is 449 g/mol. The van der Waals surface area contributed by atoms with Gasteiger partial charge in [0.15, 0.2) is 5.75 Å². The first-order valence-corrected chi connectivity index (χ1v) is 11.0. The Hall–Kier alpha value is -3.05. The zero-order valence-corrected chi connectivity index (χ0v) is 19.1. The van der Waals surface area contributed by atoms with Gasteiger partial charge in [0.25, 0.3) is 0 Å². The largest absolute Gasteiger partial charge is 0.504 e. The zero-order chi connectivity index (χ0) is 23.0. The van der Waals surface area contributed by atoms with Crippen LogP contribution in [0.3, 0.4) is 0 Å². The summed E-state index contributed by atoms with van der Waals surface area (Å²) >= 11 is 0. The van der Waals surface area contributed by atoms with Gasteiger partial charge in [-0.1, -0.05) is 26.8 Å². The zero-order valence-electron chi connectivity index (χ0n) is 18.3. The van der Waals surface area contributed by atoms with Crippen molar-refractivity contribution in [1.29, 1.82) is 0 Å². The first kappa shape index (κ1) is 22.6. The Morgan fingerprint density at radius 3 is 2.35 bits per heavy atom. The van der Waals surface area contributed by atoms with Crippen LogP contribution in [0.4, 0.5) is 17.3 Å². The van der Waals surface area contributed by atoms with Crippen molar-refractivity contribution in [1.82, 2.24) is 14.6 Å². The van der Waals surface area contributed by atoms with Gasteiger partial charge >= 0.3 is 0 Å². The number of aryl methyl sites for hydroxylation is 1. The van der Waals surface area contributed by atoms with Gasteiger partial charge in [0.05, 0.1) is 11.7 Å². The molecule has 3 N–H and O–H groups in total. The maximum Gasteiger partial charge on any atom is 0.246 e. The van der Waals surface area contributed by atoms with E-state index in [0.29, 0.717) is 0 Å². The van der Waals surface area contributed by atoms with Crippen molar-refractivity contribution in [3.8, 4) is 5.75 Å². The number of furan rings is 1. The number of rotatable bonds is 7. The van der Waals surface area contributed by atoms with E-state index in [1.807, 2.05) is 39.8 Å². The fourth-order valence-electron chi connectivity index (χ4n) is 2.98. The molecular formula is C20H27N5O5S. The maximum absolute atomic E-state index is 12.5. The average Bonchev–Trinajstić information content (AvgIpc) is 3.28. The summed E-state index contributed by atoms with van der Waals surface area (Å²) in [6.07, 6.45) is 0. The highest BCUT2D eigenvalue weighted by molar-refractivity contribution is 7.89. The van der Waals surface area contributed by atoms with Crippen LogP contribution >= 0.6 is 0 Å². The molecule has 0 saturated carbocycles. The highest BCUT2D eigenvalue weighted by atomic mass is 32.2.